The van der Waals surface area contributed by atoms with Gasteiger partial charge in [0, 0.05) is 12.1 Å². The minimum Gasteiger partial charge on any atom is -0.483 e. The summed E-state index contributed by atoms with van der Waals surface area (Å²) in [5, 5.41) is 17.1. The minimum absolute atomic E-state index is 0.155. The molecule has 0 radical (unpaired) electrons. The number of nitro benzene ring substituents is 1. The quantitative estimate of drug-likeness (QED) is 0.445. The molecule has 0 fully saturated rings. The molecule has 0 aromatic heterocycles. The van der Waals surface area contributed by atoms with Crippen molar-refractivity contribution in [1.82, 2.24) is 0 Å². The van der Waals surface area contributed by atoms with Gasteiger partial charge in [0.05, 0.1) is 4.92 Å². The standard InChI is InChI=1S/C8H9NO2.CH2O2/c1-2-7-3-5-8(6-4-7)9(10)11;2-1-3/h3-6H,2H2,1H3;1H,(H,2,3). The summed E-state index contributed by atoms with van der Waals surface area (Å²) in [6.07, 6.45) is 0.915. The normalized spacial score (nSPS) is 8.36. The van der Waals surface area contributed by atoms with Gasteiger partial charge >= 0.3 is 0 Å². The third-order valence-electron chi connectivity index (χ3n) is 1.56. The van der Waals surface area contributed by atoms with Crippen molar-refractivity contribution in [2.24, 2.45) is 0 Å². The Balaban J connectivity index is 0.000000500. The lowest BCUT2D eigenvalue weighted by Crippen LogP contribution is -1.87. The van der Waals surface area contributed by atoms with Crippen LogP contribution in [0.1, 0.15) is 12.5 Å². The van der Waals surface area contributed by atoms with Crippen LogP contribution in [0.4, 0.5) is 5.69 Å². The van der Waals surface area contributed by atoms with E-state index < -0.39 is 0 Å². The Morgan fingerprint density at radius 3 is 2.14 bits per heavy atom. The average Bonchev–Trinajstić information content (AvgIpc) is 2.19. The van der Waals surface area contributed by atoms with E-state index in [1.807, 2.05) is 6.92 Å². The van der Waals surface area contributed by atoms with Crippen LogP contribution < -0.4 is 0 Å². The Labute approximate surface area is 81.1 Å². The zero-order chi connectivity index (χ0) is 11.0. The van der Waals surface area contributed by atoms with Crippen LogP contribution in [0.25, 0.3) is 0 Å². The first kappa shape index (κ1) is 12.1. The lowest BCUT2D eigenvalue weighted by Gasteiger charge is -1.93. The van der Waals surface area contributed by atoms with Gasteiger partial charge in [-0.05, 0) is 12.0 Å². The Kier molecular flexibility index (Phi) is 5.69. The van der Waals surface area contributed by atoms with Gasteiger partial charge < -0.3 is 5.11 Å². The molecule has 0 unspecified atom stereocenters. The number of rotatable bonds is 2. The molecule has 0 bridgehead atoms. The molecule has 0 amide bonds. The van der Waals surface area contributed by atoms with E-state index in [0.29, 0.717) is 0 Å². The zero-order valence-corrected chi connectivity index (χ0v) is 7.71. The molecule has 0 heterocycles. The number of benzene rings is 1. The van der Waals surface area contributed by atoms with E-state index in [9.17, 15) is 10.1 Å². The second-order valence-corrected chi connectivity index (χ2v) is 2.38. The lowest BCUT2D eigenvalue weighted by atomic mass is 10.2. The SMILES string of the molecule is CCc1ccc([N+](=O)[O-])cc1.O=CO. The third kappa shape index (κ3) is 4.20. The van der Waals surface area contributed by atoms with Gasteiger partial charge in [0.1, 0.15) is 0 Å². The number of aryl methyl sites for hydroxylation is 1. The molecule has 0 spiro atoms. The molecule has 1 aromatic rings. The van der Waals surface area contributed by atoms with Crippen molar-refractivity contribution in [3.63, 3.8) is 0 Å². The minimum atomic E-state index is -0.389. The monoisotopic (exact) mass is 197 g/mol. The van der Waals surface area contributed by atoms with Gasteiger partial charge in [-0.3, -0.25) is 14.9 Å². The molecule has 5 heteroatoms. The van der Waals surface area contributed by atoms with E-state index in [-0.39, 0.29) is 17.1 Å². The number of non-ortho nitro benzene ring substituents is 1. The summed E-state index contributed by atoms with van der Waals surface area (Å²) in [5.41, 5.74) is 1.28. The van der Waals surface area contributed by atoms with Crippen LogP contribution in [0, 0.1) is 10.1 Å². The highest BCUT2D eigenvalue weighted by Gasteiger charge is 2.01. The van der Waals surface area contributed by atoms with E-state index in [2.05, 4.69) is 0 Å². The fourth-order valence-electron chi connectivity index (χ4n) is 0.853. The first-order chi connectivity index (χ1) is 6.65. The third-order valence-corrected chi connectivity index (χ3v) is 1.56. The maximum absolute atomic E-state index is 10.2. The van der Waals surface area contributed by atoms with Gasteiger partial charge in [-0.25, -0.2) is 0 Å². The van der Waals surface area contributed by atoms with Crippen molar-refractivity contribution in [2.75, 3.05) is 0 Å². The van der Waals surface area contributed by atoms with E-state index >= 15 is 0 Å². The maximum Gasteiger partial charge on any atom is 0.290 e. The molecule has 0 saturated carbocycles. The number of hydrogen-bond acceptors (Lipinski definition) is 3. The van der Waals surface area contributed by atoms with Gasteiger partial charge in [-0.1, -0.05) is 19.1 Å². The Bertz CT molecular complexity index is 294. The van der Waals surface area contributed by atoms with Crippen molar-refractivity contribution in [3.8, 4) is 0 Å². The number of nitrogens with zero attached hydrogens (tertiary/aromatic N) is 1. The molecule has 1 N–H and O–H groups in total. The van der Waals surface area contributed by atoms with Gasteiger partial charge in [-0.15, -0.1) is 0 Å². The van der Waals surface area contributed by atoms with Gasteiger partial charge in [0.15, 0.2) is 0 Å². The van der Waals surface area contributed by atoms with Crippen molar-refractivity contribution in [2.45, 2.75) is 13.3 Å². The van der Waals surface area contributed by atoms with Gasteiger partial charge in [-0.2, -0.15) is 0 Å². The first-order valence-corrected chi connectivity index (χ1v) is 3.96. The number of carbonyl (C=O) groups is 1. The highest BCUT2D eigenvalue weighted by Crippen LogP contribution is 2.11. The lowest BCUT2D eigenvalue weighted by molar-refractivity contribution is -0.384. The van der Waals surface area contributed by atoms with Crippen LogP contribution in [0.2, 0.25) is 0 Å². The first-order valence-electron chi connectivity index (χ1n) is 3.96. The number of hydrogen-bond donors (Lipinski definition) is 1. The molecule has 1 aromatic carbocycles. The van der Waals surface area contributed by atoms with Crippen LogP contribution in [-0.2, 0) is 11.2 Å². The van der Waals surface area contributed by atoms with E-state index in [1.165, 1.54) is 12.1 Å². The van der Waals surface area contributed by atoms with Crippen molar-refractivity contribution in [3.05, 3.63) is 39.9 Å². The Morgan fingerprint density at radius 2 is 1.86 bits per heavy atom. The summed E-state index contributed by atoms with van der Waals surface area (Å²) in [6.45, 7) is 1.77. The summed E-state index contributed by atoms with van der Waals surface area (Å²) in [6, 6.07) is 6.61. The smallest absolute Gasteiger partial charge is 0.290 e. The van der Waals surface area contributed by atoms with Crippen LogP contribution in [0.15, 0.2) is 24.3 Å². The van der Waals surface area contributed by atoms with Crippen LogP contribution >= 0.6 is 0 Å². The molecule has 5 nitrogen and oxygen atoms in total. The predicted molar refractivity (Wildman–Crippen MR) is 51.2 cm³/mol. The highest BCUT2D eigenvalue weighted by molar-refractivity contribution is 5.33. The fraction of sp³-hybridized carbons (Fsp3) is 0.222. The summed E-state index contributed by atoms with van der Waals surface area (Å²) in [5.74, 6) is 0. The van der Waals surface area contributed by atoms with Gasteiger partial charge in [0.2, 0.25) is 0 Å². The summed E-state index contributed by atoms with van der Waals surface area (Å²) >= 11 is 0. The topological polar surface area (TPSA) is 80.4 Å². The van der Waals surface area contributed by atoms with Crippen LogP contribution in [0.3, 0.4) is 0 Å². The Morgan fingerprint density at radius 1 is 1.43 bits per heavy atom. The molecule has 0 aliphatic rings. The van der Waals surface area contributed by atoms with E-state index in [4.69, 9.17) is 9.90 Å². The molecule has 1 rings (SSSR count). The van der Waals surface area contributed by atoms with Crippen LogP contribution in [-0.4, -0.2) is 16.5 Å². The molecule has 0 atom stereocenters. The number of nitro groups is 1. The second-order valence-electron chi connectivity index (χ2n) is 2.38. The van der Waals surface area contributed by atoms with Gasteiger partial charge in [0.25, 0.3) is 12.2 Å². The molecular formula is C9H11NO4. The summed E-state index contributed by atoms with van der Waals surface area (Å²) in [4.78, 5) is 18.2. The molecule has 0 aliphatic carbocycles. The summed E-state index contributed by atoms with van der Waals surface area (Å²) in [7, 11) is 0. The van der Waals surface area contributed by atoms with E-state index in [0.717, 1.165) is 12.0 Å². The second kappa shape index (κ2) is 6.59. The Hall–Kier alpha value is -1.91. The number of carboxylic acid groups (broad SMARTS) is 1. The molecular weight excluding hydrogens is 186 g/mol. The van der Waals surface area contributed by atoms with Crippen LogP contribution in [0.5, 0.6) is 0 Å². The maximum atomic E-state index is 10.2. The molecule has 0 saturated heterocycles. The largest absolute Gasteiger partial charge is 0.483 e. The highest BCUT2D eigenvalue weighted by atomic mass is 16.6. The predicted octanol–water partition coefficient (Wildman–Crippen LogP) is 1.86. The fourth-order valence-corrected chi connectivity index (χ4v) is 0.853. The molecule has 0 aliphatic heterocycles. The van der Waals surface area contributed by atoms with Crippen molar-refractivity contribution < 1.29 is 14.8 Å². The van der Waals surface area contributed by atoms with E-state index in [1.54, 1.807) is 12.1 Å². The zero-order valence-electron chi connectivity index (χ0n) is 7.71. The van der Waals surface area contributed by atoms with Crippen molar-refractivity contribution in [1.29, 1.82) is 0 Å². The average molecular weight is 197 g/mol. The van der Waals surface area contributed by atoms with Crippen molar-refractivity contribution >= 4 is 12.2 Å². The molecule has 76 valence electrons. The molecule has 14 heavy (non-hydrogen) atoms. The summed E-state index contributed by atoms with van der Waals surface area (Å²) < 4.78 is 0.